The predicted octanol–water partition coefficient (Wildman–Crippen LogP) is 1.13. The number of carbonyl (C=O) groups is 1. The number of nitrogens with two attached hydrogens (primary N) is 1. The van der Waals surface area contributed by atoms with Crippen molar-refractivity contribution in [3.8, 4) is 0 Å². The molecule has 0 aliphatic heterocycles. The van der Waals surface area contributed by atoms with Crippen molar-refractivity contribution in [1.82, 2.24) is 9.62 Å². The molecule has 0 spiro atoms. The minimum atomic E-state index is -3.80. The van der Waals surface area contributed by atoms with E-state index in [2.05, 4.69) is 5.32 Å². The maximum Gasteiger partial charge on any atom is 0.243 e. The third-order valence-corrected chi connectivity index (χ3v) is 5.55. The monoisotopic (exact) mass is 331 g/mol. The van der Waals surface area contributed by atoms with E-state index in [0.717, 1.165) is 17.1 Å². The highest BCUT2D eigenvalue weighted by Crippen LogP contribution is 2.27. The number of halogens is 1. The Bertz CT molecular complexity index is 648. The van der Waals surface area contributed by atoms with Crippen molar-refractivity contribution in [2.75, 3.05) is 19.3 Å². The summed E-state index contributed by atoms with van der Waals surface area (Å²) >= 11 is 5.97. The normalized spacial score (nSPS) is 15.2. The third-order valence-electron chi connectivity index (χ3n) is 3.37. The summed E-state index contributed by atoms with van der Waals surface area (Å²) in [5, 5.41) is 3.03. The summed E-state index contributed by atoms with van der Waals surface area (Å²) in [6.07, 6.45) is 1.90. The first-order chi connectivity index (χ1) is 9.71. The van der Waals surface area contributed by atoms with Gasteiger partial charge in [0, 0.05) is 23.8 Å². The van der Waals surface area contributed by atoms with Crippen molar-refractivity contribution >= 4 is 33.2 Å². The van der Waals surface area contributed by atoms with Crippen LogP contribution in [0.5, 0.6) is 0 Å². The molecule has 1 aliphatic rings. The minimum Gasteiger partial charge on any atom is -0.398 e. The molecule has 1 aromatic carbocycles. The lowest BCUT2D eigenvalue weighted by molar-refractivity contribution is -0.121. The fourth-order valence-corrected chi connectivity index (χ4v) is 3.27. The Morgan fingerprint density at radius 1 is 1.48 bits per heavy atom. The second-order valence-corrected chi connectivity index (χ2v) is 7.67. The van der Waals surface area contributed by atoms with Crippen molar-refractivity contribution in [3.63, 3.8) is 0 Å². The number of rotatable bonds is 5. The van der Waals surface area contributed by atoms with Gasteiger partial charge < -0.3 is 11.1 Å². The predicted molar refractivity (Wildman–Crippen MR) is 81.6 cm³/mol. The van der Waals surface area contributed by atoms with E-state index in [9.17, 15) is 13.2 Å². The molecule has 3 N–H and O–H groups in total. The van der Waals surface area contributed by atoms with Crippen molar-refractivity contribution in [2.45, 2.75) is 30.7 Å². The van der Waals surface area contributed by atoms with Crippen LogP contribution in [0.3, 0.4) is 0 Å². The van der Waals surface area contributed by atoms with Crippen molar-refractivity contribution in [2.24, 2.45) is 0 Å². The Labute approximate surface area is 129 Å². The number of anilines is 1. The van der Waals surface area contributed by atoms with E-state index in [-0.39, 0.29) is 28.4 Å². The quantitative estimate of drug-likeness (QED) is 0.791. The molecule has 2 rings (SSSR count). The zero-order valence-corrected chi connectivity index (χ0v) is 13.5. The average Bonchev–Trinajstić information content (AvgIpc) is 3.18. The number of nitrogens with zero attached hydrogens (tertiary/aromatic N) is 1. The summed E-state index contributed by atoms with van der Waals surface area (Å²) in [5.41, 5.74) is 6.68. The number of sulfonamides is 1. The summed E-state index contributed by atoms with van der Waals surface area (Å²) in [6, 6.07) is 2.89. The van der Waals surface area contributed by atoms with Crippen LogP contribution >= 0.6 is 11.6 Å². The average molecular weight is 332 g/mol. The number of amides is 1. The van der Waals surface area contributed by atoms with E-state index in [4.69, 9.17) is 17.3 Å². The summed E-state index contributed by atoms with van der Waals surface area (Å²) in [6.45, 7) is 1.48. The van der Waals surface area contributed by atoms with Gasteiger partial charge in [0.25, 0.3) is 0 Å². The van der Waals surface area contributed by atoms with Gasteiger partial charge in [0.05, 0.1) is 11.4 Å². The van der Waals surface area contributed by atoms with Crippen molar-refractivity contribution in [1.29, 1.82) is 0 Å². The Hall–Kier alpha value is -1.31. The highest BCUT2D eigenvalue weighted by atomic mass is 35.5. The number of carbonyl (C=O) groups excluding carboxylic acids is 1. The summed E-state index contributed by atoms with van der Waals surface area (Å²) in [5.74, 6) is -0.310. The molecule has 0 unspecified atom stereocenters. The van der Waals surface area contributed by atoms with E-state index >= 15 is 0 Å². The SMILES string of the molecule is Cc1c(N)cc(S(=O)(=O)N(C)CC(=O)NC2CC2)cc1Cl. The van der Waals surface area contributed by atoms with Gasteiger partial charge in [0.1, 0.15) is 0 Å². The van der Waals surface area contributed by atoms with Gasteiger partial charge in [-0.2, -0.15) is 4.31 Å². The molecule has 1 amide bonds. The zero-order valence-electron chi connectivity index (χ0n) is 11.9. The van der Waals surface area contributed by atoms with Gasteiger partial charge in [-0.25, -0.2) is 8.42 Å². The molecule has 0 radical (unpaired) electrons. The molecule has 6 nitrogen and oxygen atoms in total. The molecule has 0 heterocycles. The Morgan fingerprint density at radius 3 is 2.62 bits per heavy atom. The van der Waals surface area contributed by atoms with Gasteiger partial charge in [-0.05, 0) is 37.5 Å². The zero-order chi connectivity index (χ0) is 15.8. The van der Waals surface area contributed by atoms with Crippen LogP contribution in [0.25, 0.3) is 0 Å². The lowest BCUT2D eigenvalue weighted by atomic mass is 10.2. The number of benzene rings is 1. The Kier molecular flexibility index (Phi) is 4.46. The van der Waals surface area contributed by atoms with Crippen molar-refractivity contribution in [3.05, 3.63) is 22.7 Å². The van der Waals surface area contributed by atoms with E-state index < -0.39 is 10.0 Å². The largest absolute Gasteiger partial charge is 0.398 e. The number of nitrogen functional groups attached to an aromatic ring is 1. The smallest absolute Gasteiger partial charge is 0.243 e. The van der Waals surface area contributed by atoms with E-state index in [0.29, 0.717) is 11.3 Å². The van der Waals surface area contributed by atoms with Gasteiger partial charge in [0.2, 0.25) is 15.9 Å². The fraction of sp³-hybridized carbons (Fsp3) is 0.462. The topological polar surface area (TPSA) is 92.5 Å². The van der Waals surface area contributed by atoms with E-state index in [1.165, 1.54) is 19.2 Å². The van der Waals surface area contributed by atoms with Gasteiger partial charge in [-0.15, -0.1) is 0 Å². The van der Waals surface area contributed by atoms with E-state index in [1.807, 2.05) is 0 Å². The van der Waals surface area contributed by atoms with Crippen LogP contribution in [0, 0.1) is 6.92 Å². The first kappa shape index (κ1) is 16.1. The summed E-state index contributed by atoms with van der Waals surface area (Å²) in [7, 11) is -2.45. The molecular formula is C13H18ClN3O3S. The maximum atomic E-state index is 12.4. The number of hydrogen-bond donors (Lipinski definition) is 2. The molecule has 116 valence electrons. The molecule has 0 saturated heterocycles. The molecule has 0 atom stereocenters. The fourth-order valence-electron chi connectivity index (χ4n) is 1.79. The lowest BCUT2D eigenvalue weighted by Gasteiger charge is -2.18. The van der Waals surface area contributed by atoms with Crippen LogP contribution in [-0.2, 0) is 14.8 Å². The van der Waals surface area contributed by atoms with E-state index in [1.54, 1.807) is 6.92 Å². The molecule has 1 aromatic rings. The van der Waals surface area contributed by atoms with Crippen LogP contribution in [0.15, 0.2) is 17.0 Å². The number of likely N-dealkylation sites (N-methyl/N-ethyl adjacent to an activating group) is 1. The molecule has 1 aliphatic carbocycles. The first-order valence-electron chi connectivity index (χ1n) is 6.53. The summed E-state index contributed by atoms with van der Waals surface area (Å²) < 4.78 is 25.8. The number of hydrogen-bond acceptors (Lipinski definition) is 4. The van der Waals surface area contributed by atoms with Crippen molar-refractivity contribution < 1.29 is 13.2 Å². The molecule has 1 saturated carbocycles. The minimum absolute atomic E-state index is 0.0164. The van der Waals surface area contributed by atoms with Gasteiger partial charge >= 0.3 is 0 Å². The second kappa shape index (κ2) is 5.82. The Balaban J connectivity index is 2.18. The second-order valence-electron chi connectivity index (χ2n) is 5.22. The third kappa shape index (κ3) is 3.66. The lowest BCUT2D eigenvalue weighted by Crippen LogP contribution is -2.39. The molecule has 0 aromatic heterocycles. The Morgan fingerprint density at radius 2 is 2.10 bits per heavy atom. The first-order valence-corrected chi connectivity index (χ1v) is 8.35. The summed E-state index contributed by atoms with van der Waals surface area (Å²) in [4.78, 5) is 11.7. The van der Waals surface area contributed by atoms with Crippen LogP contribution in [0.2, 0.25) is 5.02 Å². The number of nitrogens with one attached hydrogen (secondary N) is 1. The standard InChI is InChI=1S/C13H18ClN3O3S/c1-8-11(14)5-10(6-12(8)15)21(19,20)17(2)7-13(18)16-9-3-4-9/h5-6,9H,3-4,7,15H2,1-2H3,(H,16,18). The van der Waals surface area contributed by atoms with Gasteiger partial charge in [-0.1, -0.05) is 11.6 Å². The molecule has 0 bridgehead atoms. The maximum absolute atomic E-state index is 12.4. The van der Waals surface area contributed by atoms with Gasteiger partial charge in [0.15, 0.2) is 0 Å². The molecule has 21 heavy (non-hydrogen) atoms. The van der Waals surface area contributed by atoms with Gasteiger partial charge in [-0.3, -0.25) is 4.79 Å². The van der Waals surface area contributed by atoms with Crippen LogP contribution in [0.4, 0.5) is 5.69 Å². The highest BCUT2D eigenvalue weighted by Gasteiger charge is 2.27. The van der Waals surface area contributed by atoms with Crippen LogP contribution < -0.4 is 11.1 Å². The highest BCUT2D eigenvalue weighted by molar-refractivity contribution is 7.89. The molecule has 8 heteroatoms. The molecular weight excluding hydrogens is 314 g/mol. The van der Waals surface area contributed by atoms with Crippen LogP contribution in [-0.4, -0.2) is 38.3 Å². The van der Waals surface area contributed by atoms with Crippen LogP contribution in [0.1, 0.15) is 18.4 Å². The molecule has 1 fully saturated rings.